The molecule has 1 fully saturated rings. The first-order chi connectivity index (χ1) is 10.7. The Balaban J connectivity index is 2.17. The molecular formula is C20H28O3. The Morgan fingerprint density at radius 3 is 2.61 bits per heavy atom. The molecule has 3 nitrogen and oxygen atoms in total. The molecule has 3 heteroatoms. The second-order valence-electron chi connectivity index (χ2n) is 8.24. The van der Waals surface area contributed by atoms with Gasteiger partial charge in [0.2, 0.25) is 0 Å². The molecular weight excluding hydrogens is 288 g/mol. The Hall–Kier alpha value is -1.19. The summed E-state index contributed by atoms with van der Waals surface area (Å²) in [4.78, 5) is 12.9. The van der Waals surface area contributed by atoms with Gasteiger partial charge in [-0.1, -0.05) is 26.8 Å². The van der Waals surface area contributed by atoms with Gasteiger partial charge < -0.3 is 9.84 Å². The number of allylic oxidation sites excluding steroid dienone is 1. The number of methoxy groups -OCH3 is 1. The maximum absolute atomic E-state index is 12.9. The topological polar surface area (TPSA) is 46.5 Å². The van der Waals surface area contributed by atoms with Crippen LogP contribution in [-0.4, -0.2) is 29.7 Å². The molecule has 0 saturated heterocycles. The molecule has 0 bridgehead atoms. The normalized spacial score (nSPS) is 39.4. The average molecular weight is 316 g/mol. The van der Waals surface area contributed by atoms with E-state index < -0.39 is 5.60 Å². The van der Waals surface area contributed by atoms with Gasteiger partial charge >= 0.3 is 0 Å². The zero-order valence-corrected chi connectivity index (χ0v) is 14.7. The van der Waals surface area contributed by atoms with Gasteiger partial charge in [-0.05, 0) is 54.7 Å². The summed E-state index contributed by atoms with van der Waals surface area (Å²) < 4.78 is 5.72. The van der Waals surface area contributed by atoms with Crippen LogP contribution in [0.25, 0.3) is 0 Å². The fraction of sp³-hybridized carbons (Fsp3) is 0.650. The van der Waals surface area contributed by atoms with Crippen molar-refractivity contribution in [2.45, 2.75) is 64.6 Å². The SMILES string of the molecule is C=CC1(C)CCC2=C(C(=O)C=C3C(C)(C)CCCC32O)C1OC. The van der Waals surface area contributed by atoms with E-state index in [0.717, 1.165) is 36.8 Å². The third-order valence-corrected chi connectivity index (χ3v) is 6.36. The van der Waals surface area contributed by atoms with Crippen molar-refractivity contribution >= 4 is 5.78 Å². The summed E-state index contributed by atoms with van der Waals surface area (Å²) in [6, 6.07) is 0. The monoisotopic (exact) mass is 316 g/mol. The predicted molar refractivity (Wildman–Crippen MR) is 91.0 cm³/mol. The summed E-state index contributed by atoms with van der Waals surface area (Å²) in [7, 11) is 1.64. The van der Waals surface area contributed by atoms with E-state index in [2.05, 4.69) is 27.4 Å². The van der Waals surface area contributed by atoms with Crippen molar-refractivity contribution < 1.29 is 14.6 Å². The predicted octanol–water partition coefficient (Wildman–Crippen LogP) is 3.73. The first kappa shape index (κ1) is 16.7. The summed E-state index contributed by atoms with van der Waals surface area (Å²) in [6.45, 7) is 10.3. The van der Waals surface area contributed by atoms with Gasteiger partial charge in [0.1, 0.15) is 5.60 Å². The Bertz CT molecular complexity index is 625. The van der Waals surface area contributed by atoms with Crippen molar-refractivity contribution in [2.75, 3.05) is 7.11 Å². The summed E-state index contributed by atoms with van der Waals surface area (Å²) in [6.07, 6.45) is 7.52. The quantitative estimate of drug-likeness (QED) is 0.790. The number of fused-ring (bicyclic) bond motifs is 2. The van der Waals surface area contributed by atoms with Crippen LogP contribution in [0.4, 0.5) is 0 Å². The van der Waals surface area contributed by atoms with Crippen LogP contribution in [0, 0.1) is 10.8 Å². The number of carbonyl (C=O) groups is 1. The molecule has 0 amide bonds. The number of carbonyl (C=O) groups excluding carboxylic acids is 1. The third-order valence-electron chi connectivity index (χ3n) is 6.36. The first-order valence-electron chi connectivity index (χ1n) is 8.59. The zero-order valence-electron chi connectivity index (χ0n) is 14.7. The van der Waals surface area contributed by atoms with Gasteiger partial charge in [-0.2, -0.15) is 0 Å². The molecule has 3 aliphatic carbocycles. The van der Waals surface area contributed by atoms with Gasteiger partial charge in [0.15, 0.2) is 5.78 Å². The molecule has 0 aromatic carbocycles. The molecule has 0 heterocycles. The highest BCUT2D eigenvalue weighted by Crippen LogP contribution is 2.56. The fourth-order valence-corrected chi connectivity index (χ4v) is 4.90. The number of rotatable bonds is 2. The summed E-state index contributed by atoms with van der Waals surface area (Å²) >= 11 is 0. The van der Waals surface area contributed by atoms with Crippen molar-refractivity contribution in [1.82, 2.24) is 0 Å². The van der Waals surface area contributed by atoms with Crippen LogP contribution >= 0.6 is 0 Å². The van der Waals surface area contributed by atoms with Crippen molar-refractivity contribution in [2.24, 2.45) is 10.8 Å². The van der Waals surface area contributed by atoms with Crippen molar-refractivity contribution in [3.8, 4) is 0 Å². The minimum Gasteiger partial charge on any atom is -0.381 e. The second-order valence-corrected chi connectivity index (χ2v) is 8.24. The smallest absolute Gasteiger partial charge is 0.184 e. The summed E-state index contributed by atoms with van der Waals surface area (Å²) in [5.74, 6) is 0.00859. The molecule has 1 N–H and O–H groups in total. The van der Waals surface area contributed by atoms with E-state index in [0.29, 0.717) is 12.0 Å². The van der Waals surface area contributed by atoms with Crippen LogP contribution < -0.4 is 0 Å². The van der Waals surface area contributed by atoms with Gasteiger partial charge in [-0.3, -0.25) is 4.79 Å². The molecule has 1 saturated carbocycles. The first-order valence-corrected chi connectivity index (χ1v) is 8.59. The molecule has 3 rings (SSSR count). The highest BCUT2D eigenvalue weighted by Gasteiger charge is 2.54. The molecule has 126 valence electrons. The van der Waals surface area contributed by atoms with E-state index in [9.17, 15) is 9.90 Å². The van der Waals surface area contributed by atoms with Gasteiger partial charge in [0, 0.05) is 18.1 Å². The van der Waals surface area contributed by atoms with Crippen LogP contribution in [-0.2, 0) is 9.53 Å². The molecule has 3 unspecified atom stereocenters. The van der Waals surface area contributed by atoms with Crippen LogP contribution in [0.3, 0.4) is 0 Å². The van der Waals surface area contributed by atoms with Crippen molar-refractivity contribution in [1.29, 1.82) is 0 Å². The Morgan fingerprint density at radius 1 is 1.30 bits per heavy atom. The van der Waals surface area contributed by atoms with Crippen LogP contribution in [0.1, 0.15) is 52.9 Å². The third kappa shape index (κ3) is 2.20. The Labute approximate surface area is 139 Å². The van der Waals surface area contributed by atoms with Crippen LogP contribution in [0.15, 0.2) is 35.5 Å². The molecule has 0 aromatic heterocycles. The second kappa shape index (κ2) is 5.15. The van der Waals surface area contributed by atoms with Crippen LogP contribution in [0.5, 0.6) is 0 Å². The minimum absolute atomic E-state index is 0.00859. The molecule has 0 radical (unpaired) electrons. The molecule has 0 aromatic rings. The highest BCUT2D eigenvalue weighted by molar-refractivity contribution is 6.08. The average Bonchev–Trinajstić information content (AvgIpc) is 2.49. The van der Waals surface area contributed by atoms with Crippen molar-refractivity contribution in [3.05, 3.63) is 35.5 Å². The zero-order chi connectivity index (χ0) is 17.0. The maximum Gasteiger partial charge on any atom is 0.184 e. The highest BCUT2D eigenvalue weighted by atomic mass is 16.5. The van der Waals surface area contributed by atoms with Gasteiger partial charge in [0.05, 0.1) is 6.10 Å². The van der Waals surface area contributed by atoms with E-state index in [1.165, 1.54) is 0 Å². The summed E-state index contributed by atoms with van der Waals surface area (Å²) in [5.41, 5.74) is 1.10. The van der Waals surface area contributed by atoms with Gasteiger partial charge in [-0.15, -0.1) is 6.58 Å². The molecule has 23 heavy (non-hydrogen) atoms. The number of ether oxygens (including phenoxy) is 1. The van der Waals surface area contributed by atoms with E-state index in [1.54, 1.807) is 13.2 Å². The largest absolute Gasteiger partial charge is 0.381 e. The fourth-order valence-electron chi connectivity index (χ4n) is 4.90. The minimum atomic E-state index is -0.968. The van der Waals surface area contributed by atoms with Crippen molar-refractivity contribution in [3.63, 3.8) is 0 Å². The lowest BCUT2D eigenvalue weighted by Gasteiger charge is -2.52. The Kier molecular flexibility index (Phi) is 3.73. The lowest BCUT2D eigenvalue weighted by molar-refractivity contribution is -0.115. The van der Waals surface area contributed by atoms with Crippen LogP contribution in [0.2, 0.25) is 0 Å². The van der Waals surface area contributed by atoms with E-state index in [-0.39, 0.29) is 22.7 Å². The lowest BCUT2D eigenvalue weighted by Crippen LogP contribution is -2.51. The van der Waals surface area contributed by atoms with E-state index in [1.807, 2.05) is 6.08 Å². The van der Waals surface area contributed by atoms with Gasteiger partial charge in [-0.25, -0.2) is 0 Å². The number of ketones is 1. The number of aliphatic hydroxyl groups is 1. The molecule has 0 aliphatic heterocycles. The number of hydrogen-bond donors (Lipinski definition) is 1. The summed E-state index contributed by atoms with van der Waals surface area (Å²) in [5, 5.41) is 11.5. The maximum atomic E-state index is 12.9. The molecule has 3 atom stereocenters. The van der Waals surface area contributed by atoms with E-state index in [4.69, 9.17) is 4.74 Å². The molecule has 3 aliphatic rings. The number of hydrogen-bond acceptors (Lipinski definition) is 3. The standard InChI is InChI=1S/C20H28O3/c1-6-19(4)11-8-13-16(17(19)23-5)14(21)12-15-18(2,3)9-7-10-20(13,15)22/h6,12,17,22H,1,7-11H2,2-5H3. The van der Waals surface area contributed by atoms with E-state index >= 15 is 0 Å². The molecule has 0 spiro atoms. The van der Waals surface area contributed by atoms with Gasteiger partial charge in [0.25, 0.3) is 0 Å². The lowest BCUT2D eigenvalue weighted by atomic mass is 9.56. The Morgan fingerprint density at radius 2 is 2.00 bits per heavy atom.